The van der Waals surface area contributed by atoms with E-state index >= 15 is 0 Å². The van der Waals surface area contributed by atoms with E-state index in [9.17, 15) is 9.59 Å². The van der Waals surface area contributed by atoms with Gasteiger partial charge in [-0.2, -0.15) is 0 Å². The summed E-state index contributed by atoms with van der Waals surface area (Å²) in [5, 5.41) is 2.86. The monoisotopic (exact) mass is 346 g/mol. The van der Waals surface area contributed by atoms with Gasteiger partial charge in [0.15, 0.2) is 0 Å². The van der Waals surface area contributed by atoms with Crippen molar-refractivity contribution in [2.45, 2.75) is 46.2 Å². The molecule has 6 nitrogen and oxygen atoms in total. The zero-order valence-electron chi connectivity index (χ0n) is 15.4. The third kappa shape index (κ3) is 5.54. The number of nitrogens with two attached hydrogens (primary N) is 2. The topological polar surface area (TPSA) is 101 Å². The summed E-state index contributed by atoms with van der Waals surface area (Å²) in [6.45, 7) is 8.30. The number of anilines is 1. The number of piperidine rings is 1. The van der Waals surface area contributed by atoms with Crippen molar-refractivity contribution in [3.63, 3.8) is 0 Å². The zero-order chi connectivity index (χ0) is 18.6. The molecule has 0 saturated carbocycles. The summed E-state index contributed by atoms with van der Waals surface area (Å²) in [6, 6.07) is 7.19. The number of hydrogen-bond donors (Lipinski definition) is 3. The average Bonchev–Trinajstić information content (AvgIpc) is 2.55. The molecule has 1 aliphatic rings. The maximum atomic E-state index is 12.2. The first kappa shape index (κ1) is 19.4. The minimum Gasteiger partial charge on any atom is -0.369 e. The first-order chi connectivity index (χ1) is 11.7. The third-order valence-corrected chi connectivity index (χ3v) is 4.75. The molecule has 2 atom stereocenters. The lowest BCUT2D eigenvalue weighted by atomic mass is 9.87. The molecule has 0 aromatic heterocycles. The molecular formula is C19H30N4O2. The predicted octanol–water partition coefficient (Wildman–Crippen LogP) is 1.70. The molecule has 138 valence electrons. The second-order valence-corrected chi connectivity index (χ2v) is 8.01. The molecule has 1 unspecified atom stereocenters. The van der Waals surface area contributed by atoms with E-state index in [1.807, 2.05) is 45.0 Å². The Morgan fingerprint density at radius 3 is 2.48 bits per heavy atom. The maximum absolute atomic E-state index is 12.2. The van der Waals surface area contributed by atoms with Crippen LogP contribution in [-0.2, 0) is 16.1 Å². The van der Waals surface area contributed by atoms with Crippen LogP contribution in [0.2, 0.25) is 0 Å². The minimum atomic E-state index is -0.564. The highest BCUT2D eigenvalue weighted by atomic mass is 16.2. The smallest absolute Gasteiger partial charge is 0.241 e. The molecule has 5 N–H and O–H groups in total. The molecule has 1 aromatic carbocycles. The highest BCUT2D eigenvalue weighted by molar-refractivity contribution is 5.95. The SMILES string of the molecule is CC(C)(C)[C@H](N)C(=O)Nc1ccc(CN2CCCC(C(N)=O)C2)cc1. The lowest BCUT2D eigenvalue weighted by Crippen LogP contribution is -2.45. The Kier molecular flexibility index (Phi) is 6.19. The predicted molar refractivity (Wildman–Crippen MR) is 99.7 cm³/mol. The van der Waals surface area contributed by atoms with Gasteiger partial charge in [0, 0.05) is 18.8 Å². The van der Waals surface area contributed by atoms with Crippen LogP contribution in [0, 0.1) is 11.3 Å². The molecule has 1 aromatic rings. The Hall–Kier alpha value is -1.92. The highest BCUT2D eigenvalue weighted by Crippen LogP contribution is 2.21. The molecule has 1 aliphatic heterocycles. The van der Waals surface area contributed by atoms with E-state index in [0.717, 1.165) is 37.2 Å². The summed E-state index contributed by atoms with van der Waals surface area (Å²) in [4.78, 5) is 25.8. The highest BCUT2D eigenvalue weighted by Gasteiger charge is 2.27. The Morgan fingerprint density at radius 1 is 1.28 bits per heavy atom. The van der Waals surface area contributed by atoms with E-state index in [0.29, 0.717) is 6.54 Å². The van der Waals surface area contributed by atoms with Gasteiger partial charge in [-0.15, -0.1) is 0 Å². The largest absolute Gasteiger partial charge is 0.369 e. The fourth-order valence-electron chi connectivity index (χ4n) is 3.00. The molecule has 2 amide bonds. The molecule has 1 heterocycles. The Labute approximate surface area is 149 Å². The fourth-order valence-corrected chi connectivity index (χ4v) is 3.00. The van der Waals surface area contributed by atoms with Crippen LogP contribution in [0.3, 0.4) is 0 Å². The lowest BCUT2D eigenvalue weighted by molar-refractivity contribution is -0.123. The van der Waals surface area contributed by atoms with Gasteiger partial charge in [0.05, 0.1) is 12.0 Å². The van der Waals surface area contributed by atoms with Crippen LogP contribution in [0.15, 0.2) is 24.3 Å². The van der Waals surface area contributed by atoms with Crippen LogP contribution in [-0.4, -0.2) is 35.8 Å². The minimum absolute atomic E-state index is 0.0498. The number of nitrogens with zero attached hydrogens (tertiary/aromatic N) is 1. The Bertz CT molecular complexity index is 607. The van der Waals surface area contributed by atoms with Gasteiger partial charge in [0.1, 0.15) is 0 Å². The van der Waals surface area contributed by atoms with Crippen molar-refractivity contribution in [1.29, 1.82) is 0 Å². The standard InChI is InChI=1S/C19H30N4O2/c1-19(2,3)16(20)18(25)22-15-8-6-13(7-9-15)11-23-10-4-5-14(12-23)17(21)24/h6-9,14,16H,4-5,10-12,20H2,1-3H3,(H2,21,24)(H,22,25)/t14?,16-/m1/s1. The summed E-state index contributed by atoms with van der Waals surface area (Å²) < 4.78 is 0. The van der Waals surface area contributed by atoms with E-state index in [1.165, 1.54) is 0 Å². The van der Waals surface area contributed by atoms with Gasteiger partial charge in [-0.1, -0.05) is 32.9 Å². The van der Waals surface area contributed by atoms with Gasteiger partial charge in [-0.3, -0.25) is 14.5 Å². The van der Waals surface area contributed by atoms with Gasteiger partial charge in [-0.05, 0) is 42.5 Å². The summed E-state index contributed by atoms with van der Waals surface area (Å²) in [7, 11) is 0. The van der Waals surface area contributed by atoms with Gasteiger partial charge in [-0.25, -0.2) is 0 Å². The van der Waals surface area contributed by atoms with E-state index in [-0.39, 0.29) is 23.1 Å². The van der Waals surface area contributed by atoms with Gasteiger partial charge in [0.25, 0.3) is 0 Å². The fraction of sp³-hybridized carbons (Fsp3) is 0.579. The average molecular weight is 346 g/mol. The molecule has 1 fully saturated rings. The van der Waals surface area contributed by atoms with Crippen molar-refractivity contribution >= 4 is 17.5 Å². The van der Waals surface area contributed by atoms with Crippen LogP contribution < -0.4 is 16.8 Å². The summed E-state index contributed by atoms with van der Waals surface area (Å²) in [6.07, 6.45) is 1.87. The van der Waals surface area contributed by atoms with Crippen LogP contribution >= 0.6 is 0 Å². The Balaban J connectivity index is 1.91. The maximum Gasteiger partial charge on any atom is 0.241 e. The van der Waals surface area contributed by atoms with E-state index < -0.39 is 6.04 Å². The van der Waals surface area contributed by atoms with E-state index in [1.54, 1.807) is 0 Å². The Morgan fingerprint density at radius 2 is 1.92 bits per heavy atom. The van der Waals surface area contributed by atoms with Crippen molar-refractivity contribution in [1.82, 2.24) is 4.90 Å². The number of primary amides is 1. The number of amides is 2. The number of benzene rings is 1. The summed E-state index contributed by atoms with van der Waals surface area (Å²) in [5.41, 5.74) is 13.0. The van der Waals surface area contributed by atoms with E-state index in [2.05, 4.69) is 10.2 Å². The molecule has 2 rings (SSSR count). The quantitative estimate of drug-likeness (QED) is 0.755. The van der Waals surface area contributed by atoms with Crippen LogP contribution in [0.1, 0.15) is 39.2 Å². The molecule has 6 heteroatoms. The van der Waals surface area contributed by atoms with Crippen molar-refractivity contribution in [2.75, 3.05) is 18.4 Å². The third-order valence-electron chi connectivity index (χ3n) is 4.75. The number of nitrogens with one attached hydrogen (secondary N) is 1. The van der Waals surface area contributed by atoms with Gasteiger partial charge >= 0.3 is 0 Å². The summed E-state index contributed by atoms with van der Waals surface area (Å²) in [5.74, 6) is -0.440. The number of likely N-dealkylation sites (tertiary alicyclic amines) is 1. The number of hydrogen-bond acceptors (Lipinski definition) is 4. The normalized spacial score (nSPS) is 20.1. The van der Waals surface area contributed by atoms with Crippen molar-refractivity contribution in [3.05, 3.63) is 29.8 Å². The van der Waals surface area contributed by atoms with Crippen LogP contribution in [0.5, 0.6) is 0 Å². The molecule has 0 radical (unpaired) electrons. The van der Waals surface area contributed by atoms with Crippen LogP contribution in [0.4, 0.5) is 5.69 Å². The van der Waals surface area contributed by atoms with Crippen molar-refractivity contribution in [2.24, 2.45) is 22.8 Å². The molecular weight excluding hydrogens is 316 g/mol. The first-order valence-corrected chi connectivity index (χ1v) is 8.84. The first-order valence-electron chi connectivity index (χ1n) is 8.84. The van der Waals surface area contributed by atoms with Gasteiger partial charge < -0.3 is 16.8 Å². The van der Waals surface area contributed by atoms with E-state index in [4.69, 9.17) is 11.5 Å². The van der Waals surface area contributed by atoms with Crippen molar-refractivity contribution < 1.29 is 9.59 Å². The zero-order valence-corrected chi connectivity index (χ0v) is 15.4. The summed E-state index contributed by atoms with van der Waals surface area (Å²) >= 11 is 0. The molecule has 0 spiro atoms. The van der Waals surface area contributed by atoms with Crippen LogP contribution in [0.25, 0.3) is 0 Å². The molecule has 0 bridgehead atoms. The lowest BCUT2D eigenvalue weighted by Gasteiger charge is -2.31. The molecule has 0 aliphatic carbocycles. The van der Waals surface area contributed by atoms with Gasteiger partial charge in [0.2, 0.25) is 11.8 Å². The number of rotatable bonds is 5. The second-order valence-electron chi connectivity index (χ2n) is 8.01. The van der Waals surface area contributed by atoms with Crippen molar-refractivity contribution in [3.8, 4) is 0 Å². The number of carbonyl (C=O) groups excluding carboxylic acids is 2. The number of carbonyl (C=O) groups is 2. The molecule has 25 heavy (non-hydrogen) atoms. The molecule has 1 saturated heterocycles. The second kappa shape index (κ2) is 7.97.